The molecule has 5 nitrogen and oxygen atoms in total. The molecule has 0 fully saturated rings. The van der Waals surface area contributed by atoms with Crippen LogP contribution < -0.4 is 14.5 Å². The maximum atomic E-state index is 6.38. The lowest BCUT2D eigenvalue weighted by atomic mass is 9.70. The van der Waals surface area contributed by atoms with Gasteiger partial charge in [-0.05, 0) is 162 Å². The van der Waals surface area contributed by atoms with E-state index in [4.69, 9.17) is 13.5 Å². The van der Waals surface area contributed by atoms with Gasteiger partial charge in [-0.15, -0.1) is 0 Å². The van der Waals surface area contributed by atoms with Crippen molar-refractivity contribution in [3.63, 3.8) is 0 Å². The van der Waals surface area contributed by atoms with Crippen molar-refractivity contribution < 1.29 is 4.74 Å². The van der Waals surface area contributed by atoms with E-state index < -0.39 is 0 Å². The van der Waals surface area contributed by atoms with Gasteiger partial charge < -0.3 is 14.5 Å². The summed E-state index contributed by atoms with van der Waals surface area (Å²) >= 11 is 8.93. The molecular formula is C67H60Br2N4OS. The molecule has 75 heavy (non-hydrogen) atoms. The van der Waals surface area contributed by atoms with Crippen molar-refractivity contribution in [2.45, 2.75) is 76.5 Å². The van der Waals surface area contributed by atoms with E-state index in [2.05, 4.69) is 261 Å². The predicted molar refractivity (Wildman–Crippen MR) is 323 cm³/mol. The first-order valence-corrected chi connectivity index (χ1v) is 28.8. The number of unbranched alkanes of at least 4 members (excludes halogenated alkanes) is 6. The van der Waals surface area contributed by atoms with Crippen LogP contribution in [-0.2, 0) is 5.41 Å². The second-order valence-electron chi connectivity index (χ2n) is 19.7. The molecule has 0 unspecified atom stereocenters. The van der Waals surface area contributed by atoms with Gasteiger partial charge in [-0.1, -0.05) is 187 Å². The van der Waals surface area contributed by atoms with E-state index in [0.717, 1.165) is 92.4 Å². The fraction of sp³-hybridized carbons (Fsp3) is 0.194. The largest absolute Gasteiger partial charge is 0.494 e. The van der Waals surface area contributed by atoms with Crippen LogP contribution >= 0.6 is 43.6 Å². The third-order valence-corrected chi connectivity index (χ3v) is 16.4. The average Bonchev–Trinajstić information content (AvgIpc) is 4.06. The monoisotopic (exact) mass is 1130 g/mol. The van der Waals surface area contributed by atoms with Gasteiger partial charge in [0.15, 0.2) is 0 Å². The third-order valence-electron chi connectivity index (χ3n) is 14.9. The first-order chi connectivity index (χ1) is 37.0. The predicted octanol–water partition coefficient (Wildman–Crippen LogP) is 20.8. The number of hydrogen-bond acceptors (Lipinski definition) is 6. The van der Waals surface area contributed by atoms with E-state index in [0.29, 0.717) is 6.61 Å². The Hall–Kier alpha value is -6.84. The van der Waals surface area contributed by atoms with E-state index in [1.807, 2.05) is 0 Å². The molecule has 1 heterocycles. The summed E-state index contributed by atoms with van der Waals surface area (Å²) in [5.74, 6) is 0.894. The first-order valence-electron chi connectivity index (χ1n) is 26.5. The average molecular weight is 1130 g/mol. The highest BCUT2D eigenvalue weighted by Gasteiger charge is 2.42. The molecule has 0 atom stereocenters. The van der Waals surface area contributed by atoms with Crippen molar-refractivity contribution in [1.82, 2.24) is 8.75 Å². The molecule has 0 bridgehead atoms. The summed E-state index contributed by atoms with van der Waals surface area (Å²) in [5.41, 5.74) is 18.5. The van der Waals surface area contributed by atoms with Gasteiger partial charge in [0.05, 0.1) is 18.3 Å². The maximum absolute atomic E-state index is 6.38. The van der Waals surface area contributed by atoms with E-state index in [-0.39, 0.29) is 5.41 Å². The summed E-state index contributed by atoms with van der Waals surface area (Å²) in [6.45, 7) is 3.00. The second kappa shape index (κ2) is 23.4. The summed E-state index contributed by atoms with van der Waals surface area (Å²) < 4.78 is 18.4. The van der Waals surface area contributed by atoms with Gasteiger partial charge in [-0.2, -0.15) is 8.75 Å². The van der Waals surface area contributed by atoms with Gasteiger partial charge in [-0.25, -0.2) is 0 Å². The Labute approximate surface area is 463 Å². The Bertz CT molecular complexity index is 3390. The molecule has 11 rings (SSSR count). The van der Waals surface area contributed by atoms with Gasteiger partial charge in [-0.3, -0.25) is 0 Å². The number of benzene rings is 9. The number of anilines is 6. The summed E-state index contributed by atoms with van der Waals surface area (Å²) in [5, 5.41) is 0. The Kier molecular flexibility index (Phi) is 15.7. The highest BCUT2D eigenvalue weighted by Crippen LogP contribution is 2.55. The Balaban J connectivity index is 0.744. The first kappa shape index (κ1) is 50.3. The fourth-order valence-electron chi connectivity index (χ4n) is 11.3. The van der Waals surface area contributed by atoms with Crippen LogP contribution in [0.15, 0.2) is 221 Å². The number of rotatable bonds is 21. The zero-order valence-corrected chi connectivity index (χ0v) is 46.3. The van der Waals surface area contributed by atoms with Gasteiger partial charge in [0.25, 0.3) is 0 Å². The minimum absolute atomic E-state index is 0.0458. The van der Waals surface area contributed by atoms with Gasteiger partial charge in [0.2, 0.25) is 0 Å². The lowest BCUT2D eigenvalue weighted by molar-refractivity contribution is 0.302. The lowest BCUT2D eigenvalue weighted by Gasteiger charge is -2.33. The molecule has 1 aliphatic carbocycles. The van der Waals surface area contributed by atoms with Gasteiger partial charge in [0.1, 0.15) is 16.8 Å². The Morgan fingerprint density at radius 3 is 1.24 bits per heavy atom. The van der Waals surface area contributed by atoms with Crippen LogP contribution in [0, 0.1) is 0 Å². The van der Waals surface area contributed by atoms with Crippen molar-refractivity contribution in [3.05, 3.63) is 232 Å². The molecule has 0 saturated carbocycles. The molecule has 0 radical (unpaired) electrons. The summed E-state index contributed by atoms with van der Waals surface area (Å²) in [6.07, 6.45) is 12.0. The number of ether oxygens (including phenoxy) is 1. The zero-order valence-electron chi connectivity index (χ0n) is 42.3. The van der Waals surface area contributed by atoms with Crippen LogP contribution in [0.25, 0.3) is 44.4 Å². The molecule has 374 valence electrons. The van der Waals surface area contributed by atoms with E-state index >= 15 is 0 Å². The summed E-state index contributed by atoms with van der Waals surface area (Å²) in [4.78, 5) is 4.58. The van der Waals surface area contributed by atoms with Crippen LogP contribution in [0.4, 0.5) is 34.1 Å². The van der Waals surface area contributed by atoms with E-state index in [9.17, 15) is 0 Å². The van der Waals surface area contributed by atoms with Crippen LogP contribution in [-0.4, -0.2) is 15.4 Å². The zero-order chi connectivity index (χ0) is 51.0. The molecule has 0 spiro atoms. The van der Waals surface area contributed by atoms with Crippen LogP contribution in [0.1, 0.15) is 82.3 Å². The van der Waals surface area contributed by atoms with Crippen molar-refractivity contribution in [2.75, 3.05) is 16.4 Å². The van der Waals surface area contributed by atoms with Crippen molar-refractivity contribution >= 4 is 88.7 Å². The fourth-order valence-corrected chi connectivity index (χ4v) is 12.6. The third kappa shape index (κ3) is 10.8. The molecule has 8 heteroatoms. The topological polar surface area (TPSA) is 41.5 Å². The molecule has 1 aromatic heterocycles. The normalized spacial score (nSPS) is 12.4. The van der Waals surface area contributed by atoms with Crippen molar-refractivity contribution in [1.29, 1.82) is 0 Å². The highest BCUT2D eigenvalue weighted by atomic mass is 79.9. The highest BCUT2D eigenvalue weighted by molar-refractivity contribution is 9.10. The molecule has 0 saturated heterocycles. The SMILES string of the molecule is CCCCCCC1(CCCCCCOc2ccc(N(c3ccccc3)c3ccc(-c4ccc(-c5ccc(N(c6ccccc6)c6ccccc6)cc5)c5nsnc45)cc3)cc2)c2cc(Br)ccc2-c2ccc(Br)cc21. The lowest BCUT2D eigenvalue weighted by Crippen LogP contribution is -2.25. The molecule has 10 aromatic rings. The smallest absolute Gasteiger partial charge is 0.119 e. The van der Waals surface area contributed by atoms with Crippen molar-refractivity contribution in [2.24, 2.45) is 0 Å². The quantitative estimate of drug-likeness (QED) is 0.0671. The minimum Gasteiger partial charge on any atom is -0.494 e. The maximum Gasteiger partial charge on any atom is 0.119 e. The molecular weight excluding hydrogens is 1070 g/mol. The number of aromatic nitrogens is 2. The molecule has 0 aliphatic heterocycles. The van der Waals surface area contributed by atoms with Crippen molar-refractivity contribution in [3.8, 4) is 39.1 Å². The standard InChI is InChI=1S/C67H60Br2N4OS/c1-2-3-4-16-43-67(63-46-50(68)29-39-61(63)62-40-30-51(69)47-64(62)67)44-17-5-6-18-45-74-58-37-35-57(36-38-58)73(54-23-14-9-15-24-54)56-33-27-49(28-34-56)60-42-41-59(65-66(60)71-75-70-65)48-25-31-55(32-26-48)72(52-19-10-7-11-20-52)53-21-12-8-13-22-53/h7-15,19-42,46-47H,2-6,16-18,43-45H2,1H3. The van der Waals surface area contributed by atoms with Crippen LogP contribution in [0.5, 0.6) is 5.75 Å². The number of fused-ring (bicyclic) bond motifs is 4. The van der Waals surface area contributed by atoms with E-state index in [1.54, 1.807) is 0 Å². The number of hydrogen-bond donors (Lipinski definition) is 0. The molecule has 1 aliphatic rings. The minimum atomic E-state index is 0.0458. The number of nitrogens with zero attached hydrogens (tertiary/aromatic N) is 4. The summed E-state index contributed by atoms with van der Waals surface area (Å²) in [6, 6.07) is 75.9. The summed E-state index contributed by atoms with van der Waals surface area (Å²) in [7, 11) is 0. The second-order valence-corrected chi connectivity index (χ2v) is 22.0. The van der Waals surface area contributed by atoms with Crippen LogP contribution in [0.2, 0.25) is 0 Å². The van der Waals surface area contributed by atoms with E-state index in [1.165, 1.54) is 87.9 Å². The Morgan fingerprint density at radius 1 is 0.413 bits per heavy atom. The van der Waals surface area contributed by atoms with Gasteiger partial charge in [0, 0.05) is 59.6 Å². The van der Waals surface area contributed by atoms with Gasteiger partial charge >= 0.3 is 0 Å². The molecule has 0 N–H and O–H groups in total. The molecule has 9 aromatic carbocycles. The molecule has 0 amide bonds. The number of para-hydroxylation sites is 3. The Morgan fingerprint density at radius 2 is 0.800 bits per heavy atom. The van der Waals surface area contributed by atoms with Crippen LogP contribution in [0.3, 0.4) is 0 Å². The number of halogens is 2.